The van der Waals surface area contributed by atoms with Crippen molar-refractivity contribution in [2.24, 2.45) is 0 Å². The summed E-state index contributed by atoms with van der Waals surface area (Å²) in [4.78, 5) is 15.1. The predicted molar refractivity (Wildman–Crippen MR) is 88.1 cm³/mol. The molecule has 0 aliphatic carbocycles. The summed E-state index contributed by atoms with van der Waals surface area (Å²) in [6.07, 6.45) is 2.01. The topological polar surface area (TPSA) is 54.5 Å². The minimum Gasteiger partial charge on any atom is -0.311 e. The van der Waals surface area contributed by atoms with E-state index in [0.717, 1.165) is 23.3 Å². The van der Waals surface area contributed by atoms with E-state index >= 15 is 0 Å². The fourth-order valence-electron chi connectivity index (χ4n) is 2.17. The Morgan fingerprint density at radius 1 is 1.48 bits per heavy atom. The van der Waals surface area contributed by atoms with Gasteiger partial charge in [-0.15, -0.1) is 11.8 Å². The highest BCUT2D eigenvalue weighted by Crippen LogP contribution is 2.39. The monoisotopic (exact) mass is 347 g/mol. The van der Waals surface area contributed by atoms with Crippen molar-refractivity contribution in [3.63, 3.8) is 0 Å². The Balaban J connectivity index is 2.27. The average Bonchev–Trinajstić information content (AvgIpc) is 2.54. The summed E-state index contributed by atoms with van der Waals surface area (Å²) in [6, 6.07) is 5.51. The Bertz CT molecular complexity index is 646. The third-order valence-corrected chi connectivity index (χ3v) is 5.70. The first kappa shape index (κ1) is 16.6. The zero-order valence-electron chi connectivity index (χ0n) is 12.0. The molecule has 1 aliphatic rings. The summed E-state index contributed by atoms with van der Waals surface area (Å²) >= 11 is 7.76. The predicted octanol–water partition coefficient (Wildman–Crippen LogP) is 2.99. The van der Waals surface area contributed by atoms with Crippen LogP contribution < -0.4 is 4.90 Å². The first-order valence-electron chi connectivity index (χ1n) is 6.70. The summed E-state index contributed by atoms with van der Waals surface area (Å²) < 4.78 is 22.5. The second kappa shape index (κ2) is 6.58. The van der Waals surface area contributed by atoms with Crippen LogP contribution in [0.2, 0.25) is 5.02 Å². The van der Waals surface area contributed by atoms with Crippen molar-refractivity contribution < 1.29 is 13.2 Å². The summed E-state index contributed by atoms with van der Waals surface area (Å²) in [5.74, 6) is -0.292. The third kappa shape index (κ3) is 4.63. The van der Waals surface area contributed by atoms with E-state index in [9.17, 15) is 13.2 Å². The van der Waals surface area contributed by atoms with Gasteiger partial charge in [0, 0.05) is 34.4 Å². The second-order valence-corrected chi connectivity index (χ2v) is 9.43. The summed E-state index contributed by atoms with van der Waals surface area (Å²) in [6.45, 7) is 2.71. The van der Waals surface area contributed by atoms with Crippen molar-refractivity contribution >= 4 is 44.8 Å². The number of benzene rings is 1. The van der Waals surface area contributed by atoms with E-state index in [1.807, 2.05) is 12.1 Å². The van der Waals surface area contributed by atoms with Crippen LogP contribution in [0.5, 0.6) is 0 Å². The largest absolute Gasteiger partial charge is 0.311 e. The molecule has 0 saturated heterocycles. The maximum atomic E-state index is 12.4. The van der Waals surface area contributed by atoms with Gasteiger partial charge < -0.3 is 4.90 Å². The zero-order chi connectivity index (χ0) is 15.6. The van der Waals surface area contributed by atoms with Crippen LogP contribution in [0.25, 0.3) is 0 Å². The number of rotatable bonds is 3. The molecule has 0 saturated carbocycles. The van der Waals surface area contributed by atoms with E-state index in [-0.39, 0.29) is 18.1 Å². The van der Waals surface area contributed by atoms with E-state index in [4.69, 9.17) is 11.6 Å². The van der Waals surface area contributed by atoms with Gasteiger partial charge in [0.25, 0.3) is 0 Å². The molecule has 1 atom stereocenters. The van der Waals surface area contributed by atoms with Gasteiger partial charge in [0.1, 0.15) is 9.84 Å². The number of hydrogen-bond acceptors (Lipinski definition) is 4. The van der Waals surface area contributed by atoms with Crippen LogP contribution in [0.3, 0.4) is 0 Å². The molecular formula is C14H18ClNO3S2. The molecule has 0 bridgehead atoms. The Morgan fingerprint density at radius 2 is 2.19 bits per heavy atom. The first-order chi connectivity index (χ1) is 9.76. The van der Waals surface area contributed by atoms with Gasteiger partial charge in [-0.3, -0.25) is 4.79 Å². The maximum Gasteiger partial charge on any atom is 0.228 e. The lowest BCUT2D eigenvalue weighted by atomic mass is 10.2. The van der Waals surface area contributed by atoms with E-state index < -0.39 is 9.84 Å². The normalized spacial score (nSPS) is 19.0. The number of sulfone groups is 1. The van der Waals surface area contributed by atoms with Gasteiger partial charge in [-0.25, -0.2) is 8.42 Å². The molecule has 0 radical (unpaired) electrons. The van der Waals surface area contributed by atoms with Crippen molar-refractivity contribution in [3.05, 3.63) is 23.2 Å². The number of anilines is 1. The smallest absolute Gasteiger partial charge is 0.228 e. The maximum absolute atomic E-state index is 12.4. The van der Waals surface area contributed by atoms with E-state index in [1.165, 1.54) is 0 Å². The number of carbonyl (C=O) groups excluding carboxylic acids is 1. The molecule has 4 nitrogen and oxygen atoms in total. The number of carbonyl (C=O) groups is 1. The molecular weight excluding hydrogens is 330 g/mol. The number of fused-ring (bicyclic) bond motifs is 1. The van der Waals surface area contributed by atoms with Gasteiger partial charge in [-0.2, -0.15) is 0 Å². The van der Waals surface area contributed by atoms with Crippen LogP contribution in [0.15, 0.2) is 23.1 Å². The third-order valence-electron chi connectivity index (χ3n) is 3.29. The van der Waals surface area contributed by atoms with Gasteiger partial charge in [-0.1, -0.05) is 18.5 Å². The van der Waals surface area contributed by atoms with Crippen LogP contribution >= 0.6 is 23.4 Å². The Kier molecular flexibility index (Phi) is 5.22. The Hall–Kier alpha value is -0.720. The molecule has 21 heavy (non-hydrogen) atoms. The first-order valence-corrected chi connectivity index (χ1v) is 10.0. The van der Waals surface area contributed by atoms with E-state index in [0.29, 0.717) is 16.8 Å². The standard InChI is InChI=1S/C14H18ClNO3S2/c1-10-5-7-16(14(17)6-8-21(2,18)19)12-9-11(15)3-4-13(12)20-10/h3-4,9-10H,5-8H2,1-2H3. The molecule has 7 heteroatoms. The van der Waals surface area contributed by atoms with Crippen molar-refractivity contribution in [1.82, 2.24) is 0 Å². The lowest BCUT2D eigenvalue weighted by Gasteiger charge is -2.22. The number of amides is 1. The van der Waals surface area contributed by atoms with E-state index in [2.05, 4.69) is 6.92 Å². The van der Waals surface area contributed by atoms with Crippen molar-refractivity contribution in [3.8, 4) is 0 Å². The number of thioether (sulfide) groups is 1. The van der Waals surface area contributed by atoms with Gasteiger partial charge in [0.2, 0.25) is 5.91 Å². The molecule has 1 unspecified atom stereocenters. The van der Waals surface area contributed by atoms with Crippen molar-refractivity contribution in [2.45, 2.75) is 29.9 Å². The Morgan fingerprint density at radius 3 is 2.86 bits per heavy atom. The van der Waals surface area contributed by atoms with Gasteiger partial charge in [0.05, 0.1) is 11.4 Å². The number of hydrogen-bond donors (Lipinski definition) is 0. The Labute approximate surface area is 134 Å². The molecule has 1 heterocycles. The van der Waals surface area contributed by atoms with Crippen molar-refractivity contribution in [2.75, 3.05) is 23.5 Å². The van der Waals surface area contributed by atoms with Crippen LogP contribution in [-0.4, -0.2) is 38.1 Å². The molecule has 1 aliphatic heterocycles. The van der Waals surface area contributed by atoms with Gasteiger partial charge >= 0.3 is 0 Å². The highest BCUT2D eigenvalue weighted by Gasteiger charge is 2.25. The molecule has 0 aromatic heterocycles. The zero-order valence-corrected chi connectivity index (χ0v) is 14.4. The number of nitrogens with zero attached hydrogens (tertiary/aromatic N) is 1. The summed E-state index contributed by atoms with van der Waals surface area (Å²) in [5.41, 5.74) is 0.787. The van der Waals surface area contributed by atoms with Crippen LogP contribution in [0.4, 0.5) is 5.69 Å². The molecule has 1 aromatic carbocycles. The average molecular weight is 348 g/mol. The molecule has 1 aromatic rings. The minimum absolute atomic E-state index is 0.00380. The summed E-state index contributed by atoms with van der Waals surface area (Å²) in [5, 5.41) is 0.974. The quantitative estimate of drug-likeness (QED) is 0.843. The molecule has 0 N–H and O–H groups in total. The highest BCUT2D eigenvalue weighted by atomic mass is 35.5. The van der Waals surface area contributed by atoms with Crippen LogP contribution in [0, 0.1) is 0 Å². The van der Waals surface area contributed by atoms with E-state index in [1.54, 1.807) is 22.7 Å². The minimum atomic E-state index is -3.14. The fourth-order valence-corrected chi connectivity index (χ4v) is 3.98. The van der Waals surface area contributed by atoms with Crippen molar-refractivity contribution in [1.29, 1.82) is 0 Å². The molecule has 0 spiro atoms. The molecule has 2 rings (SSSR count). The molecule has 0 fully saturated rings. The summed E-state index contributed by atoms with van der Waals surface area (Å²) in [7, 11) is -3.14. The highest BCUT2D eigenvalue weighted by molar-refractivity contribution is 8.00. The lowest BCUT2D eigenvalue weighted by Crippen LogP contribution is -2.33. The van der Waals surface area contributed by atoms with Crippen LogP contribution in [0.1, 0.15) is 19.8 Å². The molecule has 1 amide bonds. The van der Waals surface area contributed by atoms with Crippen LogP contribution in [-0.2, 0) is 14.6 Å². The lowest BCUT2D eigenvalue weighted by molar-refractivity contribution is -0.118. The SMILES string of the molecule is CC1CCN(C(=O)CCS(C)(=O)=O)c2cc(Cl)ccc2S1. The van der Waals surface area contributed by atoms with Gasteiger partial charge in [0.15, 0.2) is 0 Å². The fraction of sp³-hybridized carbons (Fsp3) is 0.500. The number of halogens is 1. The molecule has 116 valence electrons. The second-order valence-electron chi connectivity index (χ2n) is 5.25. The van der Waals surface area contributed by atoms with Gasteiger partial charge in [-0.05, 0) is 24.6 Å².